The molecule has 0 unspecified atom stereocenters. The van der Waals surface area contributed by atoms with E-state index in [0.717, 1.165) is 36.7 Å². The molecule has 0 N–H and O–H groups in total. The summed E-state index contributed by atoms with van der Waals surface area (Å²) in [5, 5.41) is 9.30. The molecule has 1 aliphatic carbocycles. The summed E-state index contributed by atoms with van der Waals surface area (Å²) < 4.78 is 2.40. The number of aromatic nitrogens is 2. The van der Waals surface area contributed by atoms with Crippen molar-refractivity contribution in [1.82, 2.24) is 14.0 Å². The van der Waals surface area contributed by atoms with E-state index in [4.69, 9.17) is 0 Å². The third kappa shape index (κ3) is 3.13. The van der Waals surface area contributed by atoms with Crippen LogP contribution in [0.3, 0.4) is 0 Å². The highest BCUT2D eigenvalue weighted by Gasteiger charge is 2.27. The van der Waals surface area contributed by atoms with Gasteiger partial charge in [0.2, 0.25) is 5.91 Å². The minimum atomic E-state index is -0.639. The summed E-state index contributed by atoms with van der Waals surface area (Å²) in [5.41, 5.74) is -0.606. The zero-order valence-corrected chi connectivity index (χ0v) is 14.8. The Kier molecular flexibility index (Phi) is 4.80. The highest BCUT2D eigenvalue weighted by Crippen LogP contribution is 2.26. The first-order valence-electron chi connectivity index (χ1n) is 8.96. The van der Waals surface area contributed by atoms with Crippen molar-refractivity contribution in [3.63, 3.8) is 0 Å². The van der Waals surface area contributed by atoms with Gasteiger partial charge >= 0.3 is 5.69 Å². The van der Waals surface area contributed by atoms with E-state index >= 15 is 0 Å². The maximum absolute atomic E-state index is 12.6. The van der Waals surface area contributed by atoms with Gasteiger partial charge in [0.15, 0.2) is 0 Å². The van der Waals surface area contributed by atoms with E-state index in [1.54, 1.807) is 11.9 Å². The molecule has 1 aliphatic heterocycles. The molecule has 25 heavy (non-hydrogen) atoms. The van der Waals surface area contributed by atoms with Gasteiger partial charge in [0.05, 0.1) is 0 Å². The van der Waals surface area contributed by atoms with Gasteiger partial charge in [0, 0.05) is 25.3 Å². The molecular formula is C18H24N4O3. The first-order chi connectivity index (χ1) is 11.9. The van der Waals surface area contributed by atoms with Crippen molar-refractivity contribution in [3.8, 4) is 6.07 Å². The van der Waals surface area contributed by atoms with Gasteiger partial charge in [-0.3, -0.25) is 14.2 Å². The number of fused-ring (bicyclic) bond motifs is 1. The third-order valence-corrected chi connectivity index (χ3v) is 5.66. The molecule has 0 bridgehead atoms. The lowest BCUT2D eigenvalue weighted by Crippen LogP contribution is -2.47. The van der Waals surface area contributed by atoms with Crippen LogP contribution in [0.1, 0.15) is 50.3 Å². The average molecular weight is 344 g/mol. The van der Waals surface area contributed by atoms with Crippen molar-refractivity contribution >= 4 is 5.91 Å². The number of nitrogens with zero attached hydrogens (tertiary/aromatic N) is 4. The minimum Gasteiger partial charge on any atom is -0.341 e. The Morgan fingerprint density at radius 3 is 2.60 bits per heavy atom. The van der Waals surface area contributed by atoms with Gasteiger partial charge in [-0.05, 0) is 44.4 Å². The maximum atomic E-state index is 12.6. The molecule has 7 nitrogen and oxygen atoms in total. The second-order valence-electron chi connectivity index (χ2n) is 7.28. The van der Waals surface area contributed by atoms with Crippen LogP contribution in [0.15, 0.2) is 9.59 Å². The zero-order valence-electron chi connectivity index (χ0n) is 14.8. The van der Waals surface area contributed by atoms with Crippen LogP contribution in [-0.2, 0) is 24.3 Å². The van der Waals surface area contributed by atoms with Crippen molar-refractivity contribution in [3.05, 3.63) is 32.1 Å². The topological polar surface area (TPSA) is 88.1 Å². The van der Waals surface area contributed by atoms with E-state index in [0.29, 0.717) is 24.6 Å². The number of rotatable bonds is 3. The molecular weight excluding hydrogens is 320 g/mol. The monoisotopic (exact) mass is 344 g/mol. The molecule has 0 atom stereocenters. The van der Waals surface area contributed by atoms with Gasteiger partial charge in [-0.25, -0.2) is 9.36 Å². The molecule has 2 aliphatic rings. The van der Waals surface area contributed by atoms with E-state index in [-0.39, 0.29) is 24.1 Å². The number of carbonyl (C=O) groups excluding carboxylic acids is 1. The number of carbonyl (C=O) groups is 1. The molecule has 1 fully saturated rings. The standard InChI is InChI=1S/C18H24N4O3/c1-12-5-7-13(8-6-12)20(2)16(23)11-22-17(24)14(10-19)15-4-3-9-21(15)18(22)25/h12-13H,3-9,11H2,1-2H3. The van der Waals surface area contributed by atoms with Crippen LogP contribution in [0.5, 0.6) is 0 Å². The molecule has 1 aromatic heterocycles. The van der Waals surface area contributed by atoms with E-state index in [9.17, 15) is 19.6 Å². The molecule has 0 spiro atoms. The molecule has 2 heterocycles. The number of likely N-dealkylation sites (N-methyl/N-ethyl adjacent to an activating group) is 1. The fourth-order valence-corrected chi connectivity index (χ4v) is 3.97. The predicted octanol–water partition coefficient (Wildman–Crippen LogP) is 0.865. The maximum Gasteiger partial charge on any atom is 0.331 e. The highest BCUT2D eigenvalue weighted by atomic mass is 16.2. The van der Waals surface area contributed by atoms with Crippen LogP contribution < -0.4 is 11.2 Å². The van der Waals surface area contributed by atoms with Gasteiger partial charge in [0.1, 0.15) is 18.2 Å². The van der Waals surface area contributed by atoms with E-state index in [1.807, 2.05) is 6.07 Å². The lowest BCUT2D eigenvalue weighted by molar-refractivity contribution is -0.133. The summed E-state index contributed by atoms with van der Waals surface area (Å²) in [4.78, 5) is 39.4. The lowest BCUT2D eigenvalue weighted by Gasteiger charge is -2.33. The molecule has 1 amide bonds. The molecule has 7 heteroatoms. The van der Waals surface area contributed by atoms with Crippen molar-refractivity contribution in [2.45, 2.75) is 64.6 Å². The normalized spacial score (nSPS) is 22.3. The average Bonchev–Trinajstić information content (AvgIpc) is 3.08. The number of amides is 1. The summed E-state index contributed by atoms with van der Waals surface area (Å²) in [6.07, 6.45) is 5.37. The molecule has 3 rings (SSSR count). The predicted molar refractivity (Wildman–Crippen MR) is 92.2 cm³/mol. The summed E-state index contributed by atoms with van der Waals surface area (Å²) in [6, 6.07) is 2.08. The third-order valence-electron chi connectivity index (χ3n) is 5.66. The zero-order chi connectivity index (χ0) is 18.1. The van der Waals surface area contributed by atoms with Crippen molar-refractivity contribution in [1.29, 1.82) is 5.26 Å². The Balaban J connectivity index is 1.86. The Morgan fingerprint density at radius 1 is 1.28 bits per heavy atom. The van der Waals surface area contributed by atoms with Crippen molar-refractivity contribution in [2.24, 2.45) is 5.92 Å². The summed E-state index contributed by atoms with van der Waals surface area (Å²) in [7, 11) is 1.74. The van der Waals surface area contributed by atoms with Gasteiger partial charge in [-0.2, -0.15) is 5.26 Å². The van der Waals surface area contributed by atoms with Gasteiger partial charge in [-0.15, -0.1) is 0 Å². The number of hydrogen-bond donors (Lipinski definition) is 0. The molecule has 0 saturated heterocycles. The van der Waals surface area contributed by atoms with E-state index < -0.39 is 11.2 Å². The fourth-order valence-electron chi connectivity index (χ4n) is 3.97. The molecule has 134 valence electrons. The molecule has 0 radical (unpaired) electrons. The Labute approximate surface area is 146 Å². The van der Waals surface area contributed by atoms with E-state index in [1.165, 1.54) is 4.57 Å². The lowest BCUT2D eigenvalue weighted by atomic mass is 9.87. The minimum absolute atomic E-state index is 0.000885. The van der Waals surface area contributed by atoms with E-state index in [2.05, 4.69) is 6.92 Å². The van der Waals surface area contributed by atoms with Crippen LogP contribution in [0, 0.1) is 17.2 Å². The van der Waals surface area contributed by atoms with Crippen LogP contribution in [-0.4, -0.2) is 33.0 Å². The Hall–Kier alpha value is -2.36. The number of hydrogen-bond acceptors (Lipinski definition) is 4. The van der Waals surface area contributed by atoms with Crippen LogP contribution >= 0.6 is 0 Å². The molecule has 1 saturated carbocycles. The highest BCUT2D eigenvalue weighted by molar-refractivity contribution is 5.76. The quantitative estimate of drug-likeness (QED) is 0.814. The van der Waals surface area contributed by atoms with Crippen LogP contribution in [0.25, 0.3) is 0 Å². The largest absolute Gasteiger partial charge is 0.341 e. The van der Waals surface area contributed by atoms with Gasteiger partial charge in [-0.1, -0.05) is 6.92 Å². The second kappa shape index (κ2) is 6.87. The molecule has 0 aromatic carbocycles. The summed E-state index contributed by atoms with van der Waals surface area (Å²) in [5.74, 6) is 0.433. The van der Waals surface area contributed by atoms with Crippen LogP contribution in [0.4, 0.5) is 0 Å². The first kappa shape index (κ1) is 17.5. The van der Waals surface area contributed by atoms with Gasteiger partial charge < -0.3 is 4.90 Å². The molecule has 1 aromatic rings. The van der Waals surface area contributed by atoms with Crippen LogP contribution in [0.2, 0.25) is 0 Å². The van der Waals surface area contributed by atoms with Crippen molar-refractivity contribution in [2.75, 3.05) is 7.05 Å². The Bertz CT molecular complexity index is 838. The van der Waals surface area contributed by atoms with Gasteiger partial charge in [0.25, 0.3) is 5.56 Å². The SMILES string of the molecule is CC1CCC(N(C)C(=O)Cn2c(=O)c(C#N)c3n(c2=O)CCC3)CC1. The summed E-state index contributed by atoms with van der Waals surface area (Å²) in [6.45, 7) is 2.41. The second-order valence-corrected chi connectivity index (χ2v) is 7.28. The Morgan fingerprint density at radius 2 is 1.96 bits per heavy atom. The van der Waals surface area contributed by atoms with Crippen molar-refractivity contribution < 1.29 is 4.79 Å². The number of nitriles is 1. The first-order valence-corrected chi connectivity index (χ1v) is 8.96. The fraction of sp³-hybridized carbons (Fsp3) is 0.667. The smallest absolute Gasteiger partial charge is 0.331 e. The summed E-state index contributed by atoms with van der Waals surface area (Å²) >= 11 is 0.